The van der Waals surface area contributed by atoms with Crippen LogP contribution in [-0.2, 0) is 14.3 Å². The second kappa shape index (κ2) is 17.5. The molecule has 38 heavy (non-hydrogen) atoms. The van der Waals surface area contributed by atoms with Gasteiger partial charge >= 0.3 is 5.97 Å². The van der Waals surface area contributed by atoms with E-state index in [1.165, 1.54) is 0 Å². The van der Waals surface area contributed by atoms with Gasteiger partial charge in [0.1, 0.15) is 15.2 Å². The van der Waals surface area contributed by atoms with Crippen LogP contribution in [0, 0.1) is 11.3 Å². The second-order valence-electron chi connectivity index (χ2n) is 9.59. The monoisotopic (exact) mass is 610 g/mol. The topological polar surface area (TPSA) is 68.3 Å². The average molecular weight is 611 g/mol. The van der Waals surface area contributed by atoms with Gasteiger partial charge in [-0.3, -0.25) is 9.59 Å². The van der Waals surface area contributed by atoms with Crippen molar-refractivity contribution in [2.45, 2.75) is 63.8 Å². The smallest absolute Gasteiger partial charge is 0.311 e. The number of rotatable bonds is 15. The van der Waals surface area contributed by atoms with Crippen LogP contribution < -0.4 is 5.32 Å². The molecule has 0 saturated heterocycles. The first-order chi connectivity index (χ1) is 18.1. The molecule has 0 radical (unpaired) electrons. The molecule has 0 bridgehead atoms. The molecule has 10 heteroatoms. The maximum atomic E-state index is 13.3. The van der Waals surface area contributed by atoms with Crippen LogP contribution in [0.2, 0.25) is 0 Å². The number of nitrogens with one attached hydrogen (secondary N) is 1. The molecule has 1 aromatic heterocycles. The zero-order chi connectivity index (χ0) is 28.0. The minimum absolute atomic E-state index is 0.00763. The number of carbonyl (C=O) groups excluding carboxylic acids is 2. The van der Waals surface area contributed by atoms with Gasteiger partial charge in [0.2, 0.25) is 5.91 Å². The maximum Gasteiger partial charge on any atom is 0.311 e. The van der Waals surface area contributed by atoms with E-state index in [1.807, 2.05) is 64.1 Å². The first-order valence-corrected chi connectivity index (χ1v) is 17.3. The highest BCUT2D eigenvalue weighted by atomic mass is 33.1. The number of benzene rings is 1. The fourth-order valence-corrected chi connectivity index (χ4v) is 8.16. The quantitative estimate of drug-likeness (QED) is 0.0940. The van der Waals surface area contributed by atoms with E-state index in [9.17, 15) is 9.59 Å². The van der Waals surface area contributed by atoms with Crippen molar-refractivity contribution in [3.63, 3.8) is 0 Å². The number of esters is 1. The highest BCUT2D eigenvalue weighted by Crippen LogP contribution is 2.41. The van der Waals surface area contributed by atoms with Crippen molar-refractivity contribution in [1.82, 2.24) is 10.3 Å². The summed E-state index contributed by atoms with van der Waals surface area (Å²) in [4.78, 5) is 30.7. The third kappa shape index (κ3) is 12.3. The van der Waals surface area contributed by atoms with Gasteiger partial charge in [-0.1, -0.05) is 78.1 Å². The molecule has 0 aliphatic carbocycles. The molecule has 0 fully saturated rings. The Balaban J connectivity index is 2.06. The highest BCUT2D eigenvalue weighted by molar-refractivity contribution is 8.76. The number of thioether (sulfide) groups is 2. The van der Waals surface area contributed by atoms with Crippen LogP contribution in [0.3, 0.4) is 0 Å². The molecular weight excluding hydrogens is 573 g/mol. The van der Waals surface area contributed by atoms with Crippen LogP contribution >= 0.6 is 57.3 Å². The minimum Gasteiger partial charge on any atom is -0.464 e. The molecule has 0 spiro atoms. The molecular formula is C28H38N2O3S5. The molecule has 1 N–H and O–H groups in total. The first-order valence-electron chi connectivity index (χ1n) is 12.7. The van der Waals surface area contributed by atoms with Crippen LogP contribution in [0.15, 0.2) is 59.8 Å². The molecule has 208 valence electrons. The average Bonchev–Trinajstić information content (AvgIpc) is 2.88. The lowest BCUT2D eigenvalue weighted by molar-refractivity contribution is -0.154. The molecule has 1 amide bonds. The molecule has 1 aromatic carbocycles. The molecule has 0 aliphatic heterocycles. The van der Waals surface area contributed by atoms with E-state index in [1.54, 1.807) is 51.3 Å². The number of hydrogen-bond donors (Lipinski definition) is 1. The molecule has 2 unspecified atom stereocenters. The van der Waals surface area contributed by atoms with E-state index in [-0.39, 0.29) is 29.1 Å². The number of ether oxygens (including phenoxy) is 1. The number of amides is 1. The number of pyridine rings is 1. The summed E-state index contributed by atoms with van der Waals surface area (Å²) in [5.74, 6) is 0.853. The minimum atomic E-state index is -0.817. The van der Waals surface area contributed by atoms with Crippen molar-refractivity contribution in [3.8, 4) is 0 Å². The van der Waals surface area contributed by atoms with Gasteiger partial charge in [0.05, 0.1) is 5.41 Å². The number of thiocarbonyl (C=S) groups is 1. The number of hydrogen-bond acceptors (Lipinski definition) is 9. The normalized spacial score (nSPS) is 13.1. The van der Waals surface area contributed by atoms with E-state index in [0.717, 1.165) is 19.9 Å². The maximum absolute atomic E-state index is 13.3. The summed E-state index contributed by atoms with van der Waals surface area (Å²) in [5.41, 5.74) is 0.309. The van der Waals surface area contributed by atoms with Gasteiger partial charge in [-0.15, -0.1) is 11.8 Å². The van der Waals surface area contributed by atoms with E-state index < -0.39 is 5.41 Å². The van der Waals surface area contributed by atoms with E-state index in [2.05, 4.69) is 29.4 Å². The Hall–Kier alpha value is -1.20. The van der Waals surface area contributed by atoms with Crippen molar-refractivity contribution >= 4 is 72.7 Å². The van der Waals surface area contributed by atoms with Crippen LogP contribution in [0.4, 0.5) is 0 Å². The van der Waals surface area contributed by atoms with Crippen molar-refractivity contribution in [1.29, 1.82) is 0 Å². The lowest BCUT2D eigenvalue weighted by atomic mass is 9.80. The van der Waals surface area contributed by atoms with Crippen LogP contribution in [-0.4, -0.2) is 44.5 Å². The predicted octanol–water partition coefficient (Wildman–Crippen LogP) is 7.82. The zero-order valence-electron chi connectivity index (χ0n) is 22.7. The third-order valence-corrected chi connectivity index (χ3v) is 10.4. The summed E-state index contributed by atoms with van der Waals surface area (Å²) in [6.07, 6.45) is 2.72. The van der Waals surface area contributed by atoms with E-state index in [0.29, 0.717) is 25.2 Å². The van der Waals surface area contributed by atoms with Gasteiger partial charge < -0.3 is 10.1 Å². The summed E-state index contributed by atoms with van der Waals surface area (Å²) in [7, 11) is 3.16. The Morgan fingerprint density at radius 2 is 1.82 bits per heavy atom. The summed E-state index contributed by atoms with van der Waals surface area (Å²) < 4.78 is 6.50. The predicted molar refractivity (Wildman–Crippen MR) is 171 cm³/mol. The van der Waals surface area contributed by atoms with Crippen LogP contribution in [0.25, 0.3) is 0 Å². The van der Waals surface area contributed by atoms with Gasteiger partial charge in [-0.25, -0.2) is 4.98 Å². The van der Waals surface area contributed by atoms with Crippen LogP contribution in [0.1, 0.15) is 58.3 Å². The lowest BCUT2D eigenvalue weighted by Crippen LogP contribution is -2.40. The number of carbonyl (C=O) groups is 2. The summed E-state index contributed by atoms with van der Waals surface area (Å²) >= 11 is 8.88. The summed E-state index contributed by atoms with van der Waals surface area (Å²) in [6.45, 7) is 10.0. The van der Waals surface area contributed by atoms with Gasteiger partial charge in [0, 0.05) is 29.2 Å². The third-order valence-electron chi connectivity index (χ3n) is 5.46. The van der Waals surface area contributed by atoms with E-state index in [4.69, 9.17) is 17.0 Å². The molecule has 2 rings (SSSR count). The van der Waals surface area contributed by atoms with E-state index >= 15 is 0 Å². The standard InChI is InChI=1S/C28H38N2O3S5/c1-6-35-27(34)37-23(21-12-8-7-9-13-21)18-22(25(31)30-20(2)3)19-28(4,5)26(32)33-16-17-36-38-24-14-10-11-15-29-24/h7-15,20,22-23H,6,16-19H2,1-5H3,(H,30,31). The SMILES string of the molecule is CCSC(=S)SC(CC(CC(C)(C)C(=O)OCCSSc1ccccn1)C(=O)NC(C)C)c1ccccc1. The van der Waals surface area contributed by atoms with Crippen molar-refractivity contribution < 1.29 is 14.3 Å². The van der Waals surface area contributed by atoms with Gasteiger partial charge in [0.25, 0.3) is 0 Å². The first kappa shape index (κ1) is 33.0. The van der Waals surface area contributed by atoms with Crippen molar-refractivity contribution in [2.75, 3.05) is 18.1 Å². The van der Waals surface area contributed by atoms with Gasteiger partial charge in [-0.2, -0.15) is 0 Å². The Kier molecular flexibility index (Phi) is 15.2. The van der Waals surface area contributed by atoms with Crippen LogP contribution in [0.5, 0.6) is 0 Å². The molecule has 5 nitrogen and oxygen atoms in total. The Morgan fingerprint density at radius 1 is 1.11 bits per heavy atom. The summed E-state index contributed by atoms with van der Waals surface area (Å²) in [5, 5.41) is 4.00. The molecule has 2 aromatic rings. The number of aromatic nitrogens is 1. The largest absolute Gasteiger partial charge is 0.464 e. The van der Waals surface area contributed by atoms with Gasteiger partial charge in [0.15, 0.2) is 0 Å². The number of nitrogens with zero attached hydrogens (tertiary/aromatic N) is 1. The summed E-state index contributed by atoms with van der Waals surface area (Å²) in [6, 6.07) is 15.9. The fourth-order valence-electron chi connectivity index (χ4n) is 3.69. The Bertz CT molecular complexity index is 1010. The molecule has 2 atom stereocenters. The zero-order valence-corrected chi connectivity index (χ0v) is 26.8. The Labute approximate surface area is 249 Å². The van der Waals surface area contributed by atoms with Crippen molar-refractivity contribution in [2.24, 2.45) is 11.3 Å². The molecule has 0 aliphatic rings. The molecule has 1 heterocycles. The lowest BCUT2D eigenvalue weighted by Gasteiger charge is -2.30. The molecule has 0 saturated carbocycles. The van der Waals surface area contributed by atoms with Gasteiger partial charge in [-0.05, 0) is 74.8 Å². The fraction of sp³-hybridized carbons (Fsp3) is 0.500. The second-order valence-corrected chi connectivity index (χ2v) is 15.7. The Morgan fingerprint density at radius 3 is 2.45 bits per heavy atom. The highest BCUT2D eigenvalue weighted by Gasteiger charge is 2.37. The van der Waals surface area contributed by atoms with Crippen molar-refractivity contribution in [3.05, 3.63) is 60.3 Å².